The number of furan rings is 1. The van der Waals surface area contributed by atoms with E-state index in [9.17, 15) is 4.79 Å². The summed E-state index contributed by atoms with van der Waals surface area (Å²) in [7, 11) is 0. The number of hydrogen-bond acceptors (Lipinski definition) is 4. The summed E-state index contributed by atoms with van der Waals surface area (Å²) in [4.78, 5) is 16.4. The van der Waals surface area contributed by atoms with Crippen molar-refractivity contribution >= 4 is 22.7 Å². The fourth-order valence-electron chi connectivity index (χ4n) is 2.46. The highest BCUT2D eigenvalue weighted by molar-refractivity contribution is 6.02. The second-order valence-electron chi connectivity index (χ2n) is 5.50. The third kappa shape index (κ3) is 2.67. The number of fused-ring (bicyclic) bond motifs is 1. The Bertz CT molecular complexity index is 999. The number of rotatable bonds is 3. The molecule has 0 fully saturated rings. The first-order valence-corrected chi connectivity index (χ1v) is 7.51. The average molecular weight is 318 g/mol. The van der Waals surface area contributed by atoms with Gasteiger partial charge in [0.05, 0.1) is 6.26 Å². The van der Waals surface area contributed by atoms with Crippen molar-refractivity contribution in [3.05, 3.63) is 72.2 Å². The summed E-state index contributed by atoms with van der Waals surface area (Å²) in [6.45, 7) is 2.02. The van der Waals surface area contributed by atoms with E-state index in [-0.39, 0.29) is 11.7 Å². The molecule has 5 heteroatoms. The van der Waals surface area contributed by atoms with Gasteiger partial charge in [-0.3, -0.25) is 4.79 Å². The Morgan fingerprint density at radius 2 is 1.92 bits per heavy atom. The predicted octanol–water partition coefficient (Wildman–Crippen LogP) is 4.65. The molecule has 2 aromatic heterocycles. The first kappa shape index (κ1) is 14.3. The molecule has 4 rings (SSSR count). The molecule has 0 bridgehead atoms. The van der Waals surface area contributed by atoms with Gasteiger partial charge in [-0.05, 0) is 61.0 Å². The highest BCUT2D eigenvalue weighted by Crippen LogP contribution is 2.26. The van der Waals surface area contributed by atoms with E-state index in [1.54, 1.807) is 24.3 Å². The first-order valence-electron chi connectivity index (χ1n) is 7.51. The highest BCUT2D eigenvalue weighted by atomic mass is 16.3. The second kappa shape index (κ2) is 5.70. The van der Waals surface area contributed by atoms with Crippen LogP contribution in [-0.2, 0) is 0 Å². The average Bonchev–Trinajstić information content (AvgIpc) is 3.24. The van der Waals surface area contributed by atoms with Gasteiger partial charge in [0.25, 0.3) is 5.91 Å². The highest BCUT2D eigenvalue weighted by Gasteiger charge is 2.11. The number of aryl methyl sites for hydroxylation is 1. The van der Waals surface area contributed by atoms with Crippen molar-refractivity contribution in [3.63, 3.8) is 0 Å². The maximum absolute atomic E-state index is 11.9. The molecule has 1 N–H and O–H groups in total. The lowest BCUT2D eigenvalue weighted by Crippen LogP contribution is -2.10. The van der Waals surface area contributed by atoms with E-state index < -0.39 is 0 Å². The van der Waals surface area contributed by atoms with E-state index in [1.807, 2.05) is 37.3 Å². The molecule has 5 nitrogen and oxygen atoms in total. The molecule has 0 spiro atoms. The molecule has 4 aromatic rings. The van der Waals surface area contributed by atoms with Crippen molar-refractivity contribution in [1.29, 1.82) is 0 Å². The standard InChI is InChI=1S/C19H14N2O3/c1-12-4-9-16-15(11-12)21-19(24-16)13-5-7-14(8-6-13)20-18(22)17-3-2-10-23-17/h2-11H,1H3,(H,20,22). The predicted molar refractivity (Wildman–Crippen MR) is 90.8 cm³/mol. The maximum Gasteiger partial charge on any atom is 0.291 e. The zero-order chi connectivity index (χ0) is 16.5. The van der Waals surface area contributed by atoms with Crippen LogP contribution in [-0.4, -0.2) is 10.9 Å². The van der Waals surface area contributed by atoms with Gasteiger partial charge in [-0.25, -0.2) is 4.98 Å². The number of anilines is 1. The quantitative estimate of drug-likeness (QED) is 0.597. The summed E-state index contributed by atoms with van der Waals surface area (Å²) in [5.74, 6) is 0.540. The molecule has 2 aromatic carbocycles. The molecule has 0 saturated carbocycles. The van der Waals surface area contributed by atoms with E-state index in [2.05, 4.69) is 10.3 Å². The van der Waals surface area contributed by atoms with Crippen LogP contribution in [0.2, 0.25) is 0 Å². The molecule has 24 heavy (non-hydrogen) atoms. The lowest BCUT2D eigenvalue weighted by atomic mass is 10.2. The smallest absolute Gasteiger partial charge is 0.291 e. The summed E-state index contributed by atoms with van der Waals surface area (Å²) < 4.78 is 10.8. The number of carbonyl (C=O) groups is 1. The SMILES string of the molecule is Cc1ccc2oc(-c3ccc(NC(=O)c4ccco4)cc3)nc2c1. The summed E-state index contributed by atoms with van der Waals surface area (Å²) in [6.07, 6.45) is 1.47. The van der Waals surface area contributed by atoms with Crippen LogP contribution in [0.3, 0.4) is 0 Å². The van der Waals surface area contributed by atoms with E-state index >= 15 is 0 Å². The molecule has 0 saturated heterocycles. The zero-order valence-corrected chi connectivity index (χ0v) is 12.9. The Labute approximate surface area is 137 Å². The number of benzene rings is 2. The second-order valence-corrected chi connectivity index (χ2v) is 5.50. The van der Waals surface area contributed by atoms with Gasteiger partial charge in [-0.1, -0.05) is 6.07 Å². The number of aromatic nitrogens is 1. The van der Waals surface area contributed by atoms with Crippen molar-refractivity contribution in [2.24, 2.45) is 0 Å². The number of oxazole rings is 1. The molecule has 1 amide bonds. The first-order chi connectivity index (χ1) is 11.7. The Balaban J connectivity index is 1.57. The zero-order valence-electron chi connectivity index (χ0n) is 12.9. The van der Waals surface area contributed by atoms with Crippen molar-refractivity contribution in [2.45, 2.75) is 6.92 Å². The van der Waals surface area contributed by atoms with Crippen LogP contribution >= 0.6 is 0 Å². The fraction of sp³-hybridized carbons (Fsp3) is 0.0526. The lowest BCUT2D eigenvalue weighted by molar-refractivity contribution is 0.0996. The molecule has 0 aliphatic heterocycles. The number of nitrogens with zero attached hydrogens (tertiary/aromatic N) is 1. The maximum atomic E-state index is 11.9. The van der Waals surface area contributed by atoms with Crippen LogP contribution in [0.4, 0.5) is 5.69 Å². The van der Waals surface area contributed by atoms with Gasteiger partial charge in [-0.2, -0.15) is 0 Å². The van der Waals surface area contributed by atoms with Gasteiger partial charge in [-0.15, -0.1) is 0 Å². The molecule has 0 atom stereocenters. The topological polar surface area (TPSA) is 68.3 Å². The van der Waals surface area contributed by atoms with Crippen LogP contribution in [0.15, 0.2) is 69.7 Å². The van der Waals surface area contributed by atoms with E-state index in [0.717, 1.165) is 22.2 Å². The normalized spacial score (nSPS) is 10.9. The van der Waals surface area contributed by atoms with Gasteiger partial charge in [0.15, 0.2) is 11.3 Å². The lowest BCUT2D eigenvalue weighted by Gasteiger charge is -2.03. The molecular weight excluding hydrogens is 304 g/mol. The molecule has 0 unspecified atom stereocenters. The van der Waals surface area contributed by atoms with Gasteiger partial charge in [0, 0.05) is 11.3 Å². The Kier molecular flexibility index (Phi) is 3.39. The van der Waals surface area contributed by atoms with Crippen LogP contribution in [0, 0.1) is 6.92 Å². The van der Waals surface area contributed by atoms with Crippen LogP contribution in [0.1, 0.15) is 16.1 Å². The van der Waals surface area contributed by atoms with Gasteiger partial charge in [0.1, 0.15) is 5.52 Å². The summed E-state index contributed by atoms with van der Waals surface area (Å²) in [6, 6.07) is 16.5. The third-order valence-electron chi connectivity index (χ3n) is 3.68. The number of nitrogens with one attached hydrogen (secondary N) is 1. The van der Waals surface area contributed by atoms with Crippen molar-refractivity contribution < 1.29 is 13.6 Å². The monoisotopic (exact) mass is 318 g/mol. The molecular formula is C19H14N2O3. The van der Waals surface area contributed by atoms with E-state index in [0.29, 0.717) is 11.6 Å². The van der Waals surface area contributed by atoms with Crippen molar-refractivity contribution in [3.8, 4) is 11.5 Å². The Morgan fingerprint density at radius 3 is 2.67 bits per heavy atom. The third-order valence-corrected chi connectivity index (χ3v) is 3.68. The molecule has 0 aliphatic rings. The fourth-order valence-corrected chi connectivity index (χ4v) is 2.46. The molecule has 0 aliphatic carbocycles. The molecule has 2 heterocycles. The number of amides is 1. The van der Waals surface area contributed by atoms with Gasteiger partial charge in [0.2, 0.25) is 5.89 Å². The minimum atomic E-state index is -0.287. The van der Waals surface area contributed by atoms with Gasteiger partial charge < -0.3 is 14.2 Å². The van der Waals surface area contributed by atoms with Crippen LogP contribution < -0.4 is 5.32 Å². The summed E-state index contributed by atoms with van der Waals surface area (Å²) >= 11 is 0. The molecule has 118 valence electrons. The van der Waals surface area contributed by atoms with Crippen LogP contribution in [0.5, 0.6) is 0 Å². The van der Waals surface area contributed by atoms with E-state index in [1.165, 1.54) is 6.26 Å². The Hall–Kier alpha value is -3.34. The summed E-state index contributed by atoms with van der Waals surface area (Å²) in [5.41, 5.74) is 4.25. The summed E-state index contributed by atoms with van der Waals surface area (Å²) in [5, 5.41) is 2.77. The largest absolute Gasteiger partial charge is 0.459 e. The van der Waals surface area contributed by atoms with Crippen LogP contribution in [0.25, 0.3) is 22.6 Å². The van der Waals surface area contributed by atoms with Crippen molar-refractivity contribution in [1.82, 2.24) is 4.98 Å². The minimum absolute atomic E-state index is 0.272. The minimum Gasteiger partial charge on any atom is -0.459 e. The van der Waals surface area contributed by atoms with Gasteiger partial charge >= 0.3 is 0 Å². The molecule has 0 radical (unpaired) electrons. The number of hydrogen-bond donors (Lipinski definition) is 1. The Morgan fingerprint density at radius 1 is 1.08 bits per heavy atom. The van der Waals surface area contributed by atoms with Crippen molar-refractivity contribution in [2.75, 3.05) is 5.32 Å². The van der Waals surface area contributed by atoms with E-state index in [4.69, 9.17) is 8.83 Å². The number of carbonyl (C=O) groups excluding carboxylic acids is 1.